The summed E-state index contributed by atoms with van der Waals surface area (Å²) in [7, 11) is 0. The van der Waals surface area contributed by atoms with Crippen LogP contribution < -0.4 is 0 Å². The highest BCUT2D eigenvalue weighted by molar-refractivity contribution is 6.23. The first-order valence-corrected chi connectivity index (χ1v) is 15.1. The molecule has 0 bridgehead atoms. The first kappa shape index (κ1) is 32.9. The maximum Gasteiger partial charge on any atom is 0.262 e. The molecular formula is C32H36N4O10. The molecule has 0 unspecified atom stereocenters. The van der Waals surface area contributed by atoms with E-state index >= 15 is 0 Å². The molecule has 2 aromatic rings. The fourth-order valence-electron chi connectivity index (χ4n) is 5.30. The first-order valence-electron chi connectivity index (χ1n) is 15.1. The van der Waals surface area contributed by atoms with Gasteiger partial charge in [0.1, 0.15) is 13.1 Å². The molecule has 1 fully saturated rings. The van der Waals surface area contributed by atoms with Crippen LogP contribution in [0.25, 0.3) is 0 Å². The highest BCUT2D eigenvalue weighted by Gasteiger charge is 2.38. The Kier molecular flexibility index (Phi) is 11.2. The van der Waals surface area contributed by atoms with Crippen LogP contribution in [0.2, 0.25) is 0 Å². The molecule has 3 heterocycles. The molecule has 0 saturated carbocycles. The van der Waals surface area contributed by atoms with Gasteiger partial charge in [-0.05, 0) is 24.3 Å². The fraction of sp³-hybridized carbons (Fsp3) is 0.438. The maximum atomic E-state index is 13.2. The number of ether oxygens (including phenoxy) is 4. The molecule has 244 valence electrons. The van der Waals surface area contributed by atoms with Crippen LogP contribution >= 0.6 is 0 Å². The molecule has 0 atom stereocenters. The van der Waals surface area contributed by atoms with Crippen molar-refractivity contribution in [3.8, 4) is 0 Å². The fourth-order valence-corrected chi connectivity index (χ4v) is 5.30. The summed E-state index contributed by atoms with van der Waals surface area (Å²) in [5.41, 5.74) is 1.12. The zero-order chi connectivity index (χ0) is 32.5. The number of hydrogen-bond donors (Lipinski definition) is 0. The summed E-state index contributed by atoms with van der Waals surface area (Å²) < 4.78 is 22.6. The molecule has 0 radical (unpaired) electrons. The van der Waals surface area contributed by atoms with Crippen molar-refractivity contribution in [3.05, 3.63) is 70.8 Å². The number of amides is 6. The third kappa shape index (κ3) is 7.65. The molecule has 6 amide bonds. The van der Waals surface area contributed by atoms with E-state index in [4.69, 9.17) is 18.9 Å². The van der Waals surface area contributed by atoms with Crippen molar-refractivity contribution in [1.29, 1.82) is 0 Å². The van der Waals surface area contributed by atoms with E-state index in [9.17, 15) is 28.8 Å². The monoisotopic (exact) mass is 636 g/mol. The van der Waals surface area contributed by atoms with Gasteiger partial charge in [0.2, 0.25) is 11.8 Å². The standard InChI is InChI=1S/C32H36N4O10/c37-27(21-35-29(39)23-5-1-2-6-24(23)30(35)40)33-9-13-43-17-19-45-15-11-34(12-16-46-20-18-44-14-10-33)28(38)22-36-31(41)25-7-3-4-8-26(25)32(36)42/h1-8H,9-22H2. The lowest BCUT2D eigenvalue weighted by Gasteiger charge is -2.26. The van der Waals surface area contributed by atoms with Crippen molar-refractivity contribution in [2.24, 2.45) is 0 Å². The summed E-state index contributed by atoms with van der Waals surface area (Å²) in [6, 6.07) is 12.9. The Morgan fingerprint density at radius 3 is 0.978 bits per heavy atom. The molecule has 0 spiro atoms. The molecule has 3 aliphatic rings. The topological polar surface area (TPSA) is 152 Å². The first-order chi connectivity index (χ1) is 22.4. The van der Waals surface area contributed by atoms with E-state index in [-0.39, 0.29) is 114 Å². The van der Waals surface area contributed by atoms with Gasteiger partial charge in [-0.15, -0.1) is 0 Å². The number of nitrogens with zero attached hydrogens (tertiary/aromatic N) is 4. The lowest BCUT2D eigenvalue weighted by atomic mass is 10.1. The van der Waals surface area contributed by atoms with Gasteiger partial charge in [-0.3, -0.25) is 38.6 Å². The summed E-state index contributed by atoms with van der Waals surface area (Å²) in [6.07, 6.45) is 0. The molecule has 3 aliphatic heterocycles. The summed E-state index contributed by atoms with van der Waals surface area (Å²) in [6.45, 7) is 1.71. The van der Waals surface area contributed by atoms with E-state index in [1.54, 1.807) is 48.5 Å². The van der Waals surface area contributed by atoms with E-state index < -0.39 is 35.4 Å². The Morgan fingerprint density at radius 1 is 0.457 bits per heavy atom. The maximum absolute atomic E-state index is 13.2. The van der Waals surface area contributed by atoms with Crippen LogP contribution in [0.1, 0.15) is 41.4 Å². The lowest BCUT2D eigenvalue weighted by Crippen LogP contribution is -2.45. The number of carbonyl (C=O) groups is 6. The van der Waals surface area contributed by atoms with Gasteiger partial charge in [0.15, 0.2) is 0 Å². The second-order valence-corrected chi connectivity index (χ2v) is 10.7. The second kappa shape index (κ2) is 15.7. The summed E-state index contributed by atoms with van der Waals surface area (Å²) >= 11 is 0. The van der Waals surface area contributed by atoms with Crippen molar-refractivity contribution in [2.45, 2.75) is 0 Å². The SMILES string of the molecule is O=C(CN1C(=O)c2ccccc2C1=O)N1CCOCCOCCN(C(=O)CN2C(=O)c3ccccc3C2=O)CCOCCOCC1. The number of rotatable bonds is 4. The molecule has 14 nitrogen and oxygen atoms in total. The average Bonchev–Trinajstić information content (AvgIpc) is 3.45. The van der Waals surface area contributed by atoms with Gasteiger partial charge in [0.25, 0.3) is 23.6 Å². The van der Waals surface area contributed by atoms with Gasteiger partial charge in [0.05, 0.1) is 75.1 Å². The van der Waals surface area contributed by atoms with Crippen molar-refractivity contribution in [2.75, 3.05) is 92.1 Å². The number of hydrogen-bond acceptors (Lipinski definition) is 10. The third-order valence-corrected chi connectivity index (χ3v) is 7.81. The largest absolute Gasteiger partial charge is 0.377 e. The highest BCUT2D eigenvalue weighted by Crippen LogP contribution is 2.23. The van der Waals surface area contributed by atoms with Crippen LogP contribution in [0.5, 0.6) is 0 Å². The molecule has 2 aromatic carbocycles. The van der Waals surface area contributed by atoms with Gasteiger partial charge < -0.3 is 28.7 Å². The van der Waals surface area contributed by atoms with Crippen molar-refractivity contribution >= 4 is 35.4 Å². The Bertz CT molecular complexity index is 1280. The molecule has 0 aliphatic carbocycles. The van der Waals surface area contributed by atoms with Gasteiger partial charge in [-0.1, -0.05) is 24.3 Å². The molecule has 0 N–H and O–H groups in total. The minimum atomic E-state index is -0.499. The molecular weight excluding hydrogens is 600 g/mol. The predicted octanol–water partition coefficient (Wildman–Crippen LogP) is 0.316. The Morgan fingerprint density at radius 2 is 0.717 bits per heavy atom. The van der Waals surface area contributed by atoms with Crippen LogP contribution in [-0.4, -0.2) is 147 Å². The Labute approximate surface area is 265 Å². The van der Waals surface area contributed by atoms with Crippen molar-refractivity contribution in [1.82, 2.24) is 19.6 Å². The zero-order valence-corrected chi connectivity index (χ0v) is 25.4. The van der Waals surface area contributed by atoms with Crippen LogP contribution in [0.4, 0.5) is 0 Å². The minimum absolute atomic E-state index is 0.186. The quantitative estimate of drug-likeness (QED) is 0.429. The number of benzene rings is 2. The summed E-state index contributed by atoms with van der Waals surface area (Å²) in [4.78, 5) is 82.1. The Balaban J connectivity index is 1.10. The van der Waals surface area contributed by atoms with Crippen LogP contribution in [0, 0.1) is 0 Å². The summed E-state index contributed by atoms with van der Waals surface area (Å²) in [5, 5.41) is 0. The van der Waals surface area contributed by atoms with Crippen LogP contribution in [-0.2, 0) is 28.5 Å². The van der Waals surface area contributed by atoms with Crippen LogP contribution in [0.15, 0.2) is 48.5 Å². The van der Waals surface area contributed by atoms with E-state index in [1.165, 1.54) is 9.80 Å². The average molecular weight is 637 g/mol. The van der Waals surface area contributed by atoms with Gasteiger partial charge in [0, 0.05) is 26.2 Å². The number of imide groups is 2. The van der Waals surface area contributed by atoms with Crippen molar-refractivity contribution in [3.63, 3.8) is 0 Å². The zero-order valence-electron chi connectivity index (χ0n) is 25.4. The van der Waals surface area contributed by atoms with E-state index in [1.807, 2.05) is 0 Å². The van der Waals surface area contributed by atoms with Gasteiger partial charge in [-0.25, -0.2) is 0 Å². The lowest BCUT2D eigenvalue weighted by molar-refractivity contribution is -0.134. The smallest absolute Gasteiger partial charge is 0.262 e. The van der Waals surface area contributed by atoms with E-state index in [0.717, 1.165) is 9.80 Å². The molecule has 14 heteroatoms. The van der Waals surface area contributed by atoms with Crippen LogP contribution in [0.3, 0.4) is 0 Å². The van der Waals surface area contributed by atoms with E-state index in [0.29, 0.717) is 0 Å². The number of carbonyl (C=O) groups excluding carboxylic acids is 6. The molecule has 46 heavy (non-hydrogen) atoms. The Hall–Kier alpha value is -4.50. The minimum Gasteiger partial charge on any atom is -0.377 e. The number of fused-ring (bicyclic) bond motifs is 2. The van der Waals surface area contributed by atoms with Gasteiger partial charge >= 0.3 is 0 Å². The molecule has 1 saturated heterocycles. The molecule has 5 rings (SSSR count). The normalized spacial score (nSPS) is 19.1. The van der Waals surface area contributed by atoms with Crippen molar-refractivity contribution < 1.29 is 47.7 Å². The highest BCUT2D eigenvalue weighted by atomic mass is 16.5. The predicted molar refractivity (Wildman–Crippen MR) is 160 cm³/mol. The summed E-state index contributed by atoms with van der Waals surface area (Å²) in [5.74, 6) is -2.81. The van der Waals surface area contributed by atoms with Gasteiger partial charge in [-0.2, -0.15) is 0 Å². The van der Waals surface area contributed by atoms with E-state index in [2.05, 4.69) is 0 Å². The third-order valence-electron chi connectivity index (χ3n) is 7.81. The second-order valence-electron chi connectivity index (χ2n) is 10.7. The molecule has 0 aromatic heterocycles.